The standard InChI is InChI=1S/C9H18O2Si/c1-6-8(12(3,4)5)7(2)9(10)11/h8H,2,6H2,1,3-5H3,(H,10,11). The number of hydrogen-bond acceptors (Lipinski definition) is 1. The molecule has 1 atom stereocenters. The average Bonchev–Trinajstić information content (AvgIpc) is 1.85. The first-order valence-electron chi connectivity index (χ1n) is 4.22. The Hall–Kier alpha value is -0.573. The van der Waals surface area contributed by atoms with E-state index in [0.29, 0.717) is 5.57 Å². The molecule has 0 aliphatic carbocycles. The molecule has 0 aromatic heterocycles. The van der Waals surface area contributed by atoms with Gasteiger partial charge < -0.3 is 5.11 Å². The van der Waals surface area contributed by atoms with Crippen molar-refractivity contribution in [2.75, 3.05) is 0 Å². The molecule has 1 N–H and O–H groups in total. The van der Waals surface area contributed by atoms with Gasteiger partial charge in [-0.3, -0.25) is 0 Å². The Morgan fingerprint density at radius 3 is 2.00 bits per heavy atom. The maximum absolute atomic E-state index is 10.7. The molecule has 0 bridgehead atoms. The van der Waals surface area contributed by atoms with Crippen LogP contribution in [-0.2, 0) is 4.79 Å². The molecule has 70 valence electrons. The molecule has 0 spiro atoms. The van der Waals surface area contributed by atoms with Gasteiger partial charge in [-0.25, -0.2) is 4.79 Å². The van der Waals surface area contributed by atoms with Crippen LogP contribution in [0.5, 0.6) is 0 Å². The predicted octanol–water partition coefficient (Wildman–Crippen LogP) is 2.75. The first-order chi connectivity index (χ1) is 5.30. The predicted molar refractivity (Wildman–Crippen MR) is 54.2 cm³/mol. The lowest BCUT2D eigenvalue weighted by molar-refractivity contribution is -0.132. The van der Waals surface area contributed by atoms with Crippen molar-refractivity contribution in [1.29, 1.82) is 0 Å². The van der Waals surface area contributed by atoms with Crippen LogP contribution in [0, 0.1) is 0 Å². The summed E-state index contributed by atoms with van der Waals surface area (Å²) in [6, 6.07) is 0. The van der Waals surface area contributed by atoms with Crippen molar-refractivity contribution < 1.29 is 9.90 Å². The Bertz CT molecular complexity index is 191. The summed E-state index contributed by atoms with van der Waals surface area (Å²) < 4.78 is 0. The van der Waals surface area contributed by atoms with E-state index in [1.807, 2.05) is 6.92 Å². The molecular weight excluding hydrogens is 168 g/mol. The van der Waals surface area contributed by atoms with Crippen molar-refractivity contribution in [3.05, 3.63) is 12.2 Å². The minimum atomic E-state index is -1.39. The smallest absolute Gasteiger partial charge is 0.330 e. The number of carboxylic acids is 1. The van der Waals surface area contributed by atoms with Crippen molar-refractivity contribution in [2.45, 2.75) is 38.5 Å². The molecule has 0 heterocycles. The highest BCUT2D eigenvalue weighted by Gasteiger charge is 2.30. The van der Waals surface area contributed by atoms with Crippen molar-refractivity contribution in [3.63, 3.8) is 0 Å². The average molecular weight is 186 g/mol. The molecule has 12 heavy (non-hydrogen) atoms. The second-order valence-electron chi connectivity index (χ2n) is 4.16. The van der Waals surface area contributed by atoms with Crippen molar-refractivity contribution in [1.82, 2.24) is 0 Å². The van der Waals surface area contributed by atoms with Gasteiger partial charge >= 0.3 is 5.97 Å². The first kappa shape index (κ1) is 11.4. The second-order valence-corrected chi connectivity index (χ2v) is 9.59. The van der Waals surface area contributed by atoms with Crippen molar-refractivity contribution >= 4 is 14.0 Å². The summed E-state index contributed by atoms with van der Waals surface area (Å²) in [7, 11) is -1.39. The van der Waals surface area contributed by atoms with Gasteiger partial charge in [0.15, 0.2) is 0 Å². The van der Waals surface area contributed by atoms with Gasteiger partial charge in [-0.1, -0.05) is 39.6 Å². The fraction of sp³-hybridized carbons (Fsp3) is 0.667. The van der Waals surface area contributed by atoms with Crippen LogP contribution in [0.2, 0.25) is 25.2 Å². The van der Waals surface area contributed by atoms with Crippen LogP contribution in [0.15, 0.2) is 12.2 Å². The van der Waals surface area contributed by atoms with Gasteiger partial charge in [-0.15, -0.1) is 0 Å². The van der Waals surface area contributed by atoms with E-state index in [9.17, 15) is 4.79 Å². The van der Waals surface area contributed by atoms with Gasteiger partial charge in [0.25, 0.3) is 0 Å². The largest absolute Gasteiger partial charge is 0.478 e. The molecule has 0 aliphatic heterocycles. The zero-order valence-corrected chi connectivity index (χ0v) is 9.35. The highest BCUT2D eigenvalue weighted by Crippen LogP contribution is 2.31. The summed E-state index contributed by atoms with van der Waals surface area (Å²) in [6.07, 6.45) is 0.890. The Morgan fingerprint density at radius 2 is 1.92 bits per heavy atom. The van der Waals surface area contributed by atoms with Gasteiger partial charge in [0.2, 0.25) is 0 Å². The molecule has 0 aliphatic rings. The molecule has 0 radical (unpaired) electrons. The third kappa shape index (κ3) is 2.81. The van der Waals surface area contributed by atoms with Gasteiger partial charge in [0.1, 0.15) is 0 Å². The molecular formula is C9H18O2Si. The topological polar surface area (TPSA) is 37.3 Å². The fourth-order valence-corrected chi connectivity index (χ4v) is 3.92. The first-order valence-corrected chi connectivity index (χ1v) is 7.80. The van der Waals surface area contributed by atoms with Crippen molar-refractivity contribution in [2.24, 2.45) is 0 Å². The minimum absolute atomic E-state index is 0.204. The van der Waals surface area contributed by atoms with Crippen LogP contribution >= 0.6 is 0 Å². The lowest BCUT2D eigenvalue weighted by atomic mass is 10.2. The van der Waals surface area contributed by atoms with E-state index in [0.717, 1.165) is 6.42 Å². The number of aliphatic carboxylic acids is 1. The molecule has 0 saturated heterocycles. The summed E-state index contributed by atoms with van der Waals surface area (Å²) in [5, 5.41) is 8.77. The summed E-state index contributed by atoms with van der Waals surface area (Å²) in [6.45, 7) is 12.2. The Balaban J connectivity index is 4.58. The summed E-state index contributed by atoms with van der Waals surface area (Å²) in [5.74, 6) is -0.843. The molecule has 0 aromatic rings. The van der Waals surface area contributed by atoms with Gasteiger partial charge in [0.05, 0.1) is 8.07 Å². The number of carboxylic acid groups (broad SMARTS) is 1. The van der Waals surface area contributed by atoms with Crippen LogP contribution < -0.4 is 0 Å². The quantitative estimate of drug-likeness (QED) is 0.541. The van der Waals surface area contributed by atoms with E-state index in [1.54, 1.807) is 0 Å². The molecule has 3 heteroatoms. The maximum atomic E-state index is 10.7. The van der Waals surface area contributed by atoms with Crippen LogP contribution in [0.3, 0.4) is 0 Å². The molecule has 0 rings (SSSR count). The monoisotopic (exact) mass is 186 g/mol. The fourth-order valence-electron chi connectivity index (χ4n) is 1.53. The lowest BCUT2D eigenvalue weighted by Gasteiger charge is -2.27. The van der Waals surface area contributed by atoms with Crippen LogP contribution in [0.25, 0.3) is 0 Å². The zero-order chi connectivity index (χ0) is 9.94. The van der Waals surface area contributed by atoms with Crippen LogP contribution in [0.1, 0.15) is 13.3 Å². The van der Waals surface area contributed by atoms with Gasteiger partial charge in [-0.05, 0) is 5.54 Å². The minimum Gasteiger partial charge on any atom is -0.478 e. The molecule has 2 nitrogen and oxygen atoms in total. The summed E-state index contributed by atoms with van der Waals surface area (Å²) >= 11 is 0. The number of rotatable bonds is 4. The van der Waals surface area contributed by atoms with E-state index in [2.05, 4.69) is 26.2 Å². The van der Waals surface area contributed by atoms with Crippen molar-refractivity contribution in [3.8, 4) is 0 Å². The van der Waals surface area contributed by atoms with Crippen LogP contribution in [-0.4, -0.2) is 19.1 Å². The Labute approximate surface area is 75.3 Å². The van der Waals surface area contributed by atoms with E-state index in [-0.39, 0.29) is 5.54 Å². The highest BCUT2D eigenvalue weighted by molar-refractivity contribution is 6.78. The van der Waals surface area contributed by atoms with E-state index < -0.39 is 14.0 Å². The maximum Gasteiger partial charge on any atom is 0.330 e. The zero-order valence-electron chi connectivity index (χ0n) is 8.35. The second kappa shape index (κ2) is 3.89. The number of hydrogen-bond donors (Lipinski definition) is 1. The SMILES string of the molecule is C=C(C(=O)O)C(CC)[Si](C)(C)C. The third-order valence-corrected chi connectivity index (χ3v) is 5.00. The van der Waals surface area contributed by atoms with E-state index in [4.69, 9.17) is 5.11 Å². The normalized spacial score (nSPS) is 14.0. The molecule has 0 saturated carbocycles. The molecule has 1 unspecified atom stereocenters. The van der Waals surface area contributed by atoms with Gasteiger partial charge in [0, 0.05) is 5.57 Å². The molecule has 0 fully saturated rings. The van der Waals surface area contributed by atoms with E-state index >= 15 is 0 Å². The Kier molecular flexibility index (Phi) is 3.71. The third-order valence-electron chi connectivity index (χ3n) is 2.15. The van der Waals surface area contributed by atoms with E-state index in [1.165, 1.54) is 0 Å². The summed E-state index contributed by atoms with van der Waals surface area (Å²) in [5.41, 5.74) is 0.590. The molecule has 0 amide bonds. The van der Waals surface area contributed by atoms with Crippen LogP contribution in [0.4, 0.5) is 0 Å². The Morgan fingerprint density at radius 1 is 1.50 bits per heavy atom. The lowest BCUT2D eigenvalue weighted by Crippen LogP contribution is -2.30. The molecule has 0 aromatic carbocycles. The number of carbonyl (C=O) groups is 1. The highest BCUT2D eigenvalue weighted by atomic mass is 28.3. The summed E-state index contributed by atoms with van der Waals surface area (Å²) in [4.78, 5) is 10.7. The van der Waals surface area contributed by atoms with Gasteiger partial charge in [-0.2, -0.15) is 0 Å².